The SMILES string of the molecule is CCOc1cc(C=NNC(=O)c2ccccc2NS(=O)(=O)c2ccc(Cl)cc2)ccc1OC(=O)c1ccc(OC)cc1. The van der Waals surface area contributed by atoms with Gasteiger partial charge in [-0.25, -0.2) is 18.6 Å². The van der Waals surface area contributed by atoms with Crippen molar-refractivity contribution >= 4 is 45.4 Å². The molecule has 1 amide bonds. The highest BCUT2D eigenvalue weighted by atomic mass is 35.5. The third-order valence-corrected chi connectivity index (χ3v) is 7.35. The van der Waals surface area contributed by atoms with Crippen LogP contribution in [0.4, 0.5) is 5.69 Å². The van der Waals surface area contributed by atoms with Gasteiger partial charge in [0.1, 0.15) is 5.75 Å². The lowest BCUT2D eigenvalue weighted by atomic mass is 10.2. The Morgan fingerprint density at radius 1 is 0.929 bits per heavy atom. The number of methoxy groups -OCH3 is 1. The third kappa shape index (κ3) is 7.65. The van der Waals surface area contributed by atoms with Crippen molar-refractivity contribution < 1.29 is 32.2 Å². The molecular weight excluding hydrogens is 582 g/mol. The van der Waals surface area contributed by atoms with E-state index in [0.29, 0.717) is 34.3 Å². The summed E-state index contributed by atoms with van der Waals surface area (Å²) in [6.07, 6.45) is 1.37. The van der Waals surface area contributed by atoms with Gasteiger partial charge in [-0.15, -0.1) is 0 Å². The summed E-state index contributed by atoms with van der Waals surface area (Å²) in [5.74, 6) is -0.0919. The predicted octanol–water partition coefficient (Wildman–Crippen LogP) is 5.53. The van der Waals surface area contributed by atoms with Gasteiger partial charge in [-0.1, -0.05) is 23.7 Å². The number of amides is 1. The van der Waals surface area contributed by atoms with E-state index in [1.807, 2.05) is 0 Å². The average Bonchev–Trinajstić information content (AvgIpc) is 2.98. The highest BCUT2D eigenvalue weighted by Gasteiger charge is 2.19. The van der Waals surface area contributed by atoms with E-state index in [-0.39, 0.29) is 21.9 Å². The first-order valence-electron chi connectivity index (χ1n) is 12.5. The van der Waals surface area contributed by atoms with Crippen molar-refractivity contribution in [1.82, 2.24) is 5.43 Å². The number of para-hydroxylation sites is 1. The van der Waals surface area contributed by atoms with Crippen molar-refractivity contribution in [1.29, 1.82) is 0 Å². The van der Waals surface area contributed by atoms with E-state index in [0.717, 1.165) is 0 Å². The summed E-state index contributed by atoms with van der Waals surface area (Å²) < 4.78 is 44.3. The maximum atomic E-state index is 12.9. The van der Waals surface area contributed by atoms with Crippen molar-refractivity contribution in [3.05, 3.63) is 113 Å². The number of carbonyl (C=O) groups is 2. The fourth-order valence-corrected chi connectivity index (χ4v) is 4.86. The number of nitrogens with one attached hydrogen (secondary N) is 2. The van der Waals surface area contributed by atoms with Crippen molar-refractivity contribution in [2.75, 3.05) is 18.4 Å². The first-order valence-corrected chi connectivity index (χ1v) is 14.4. The molecule has 10 nitrogen and oxygen atoms in total. The Hall–Kier alpha value is -4.87. The number of nitrogens with zero attached hydrogens (tertiary/aromatic N) is 1. The van der Waals surface area contributed by atoms with Gasteiger partial charge >= 0.3 is 5.97 Å². The summed E-state index contributed by atoms with van der Waals surface area (Å²) in [5.41, 5.74) is 3.40. The number of hydrogen-bond acceptors (Lipinski definition) is 8. The van der Waals surface area contributed by atoms with Crippen LogP contribution < -0.4 is 24.4 Å². The van der Waals surface area contributed by atoms with Crippen LogP contribution in [0.3, 0.4) is 0 Å². The number of esters is 1. The van der Waals surface area contributed by atoms with Gasteiger partial charge in [0.15, 0.2) is 11.5 Å². The normalized spacial score (nSPS) is 11.1. The molecule has 0 unspecified atom stereocenters. The Bertz CT molecular complexity index is 1710. The Kier molecular flexibility index (Phi) is 9.79. The van der Waals surface area contributed by atoms with Crippen LogP contribution in [0.15, 0.2) is 101 Å². The molecule has 0 fully saturated rings. The van der Waals surface area contributed by atoms with Crippen LogP contribution in [0, 0.1) is 0 Å². The minimum atomic E-state index is -3.98. The Balaban J connectivity index is 1.45. The number of rotatable bonds is 11. The molecule has 42 heavy (non-hydrogen) atoms. The van der Waals surface area contributed by atoms with Crippen LogP contribution in [-0.4, -0.2) is 40.2 Å². The molecular formula is C30H26ClN3O7S. The fraction of sp³-hybridized carbons (Fsp3) is 0.100. The van der Waals surface area contributed by atoms with Crippen molar-refractivity contribution in [3.63, 3.8) is 0 Å². The highest BCUT2D eigenvalue weighted by molar-refractivity contribution is 7.92. The lowest BCUT2D eigenvalue weighted by Gasteiger charge is -2.12. The molecule has 0 bridgehead atoms. The van der Waals surface area contributed by atoms with Crippen molar-refractivity contribution in [3.8, 4) is 17.2 Å². The summed E-state index contributed by atoms with van der Waals surface area (Å²) >= 11 is 5.85. The quantitative estimate of drug-likeness (QED) is 0.0991. The number of halogens is 1. The molecule has 0 heterocycles. The molecule has 0 aliphatic carbocycles. The summed E-state index contributed by atoms with van der Waals surface area (Å²) in [4.78, 5) is 25.5. The fourth-order valence-electron chi connectivity index (χ4n) is 3.66. The van der Waals surface area contributed by atoms with Crippen molar-refractivity contribution in [2.24, 2.45) is 5.10 Å². The van der Waals surface area contributed by atoms with E-state index >= 15 is 0 Å². The zero-order valence-corrected chi connectivity index (χ0v) is 24.1. The molecule has 12 heteroatoms. The first-order chi connectivity index (χ1) is 20.2. The van der Waals surface area contributed by atoms with E-state index in [1.165, 1.54) is 49.7 Å². The second-order valence-electron chi connectivity index (χ2n) is 8.56. The molecule has 0 saturated heterocycles. The summed E-state index contributed by atoms with van der Waals surface area (Å²) in [7, 11) is -2.44. The van der Waals surface area contributed by atoms with Gasteiger partial charge in [0.2, 0.25) is 0 Å². The molecule has 4 aromatic carbocycles. The molecule has 4 rings (SSSR count). The van der Waals surface area contributed by atoms with Crippen molar-refractivity contribution in [2.45, 2.75) is 11.8 Å². The Morgan fingerprint density at radius 3 is 2.33 bits per heavy atom. The molecule has 0 radical (unpaired) electrons. The van der Waals surface area contributed by atoms with Gasteiger partial charge in [0.25, 0.3) is 15.9 Å². The van der Waals surface area contributed by atoms with Gasteiger partial charge in [-0.3, -0.25) is 9.52 Å². The van der Waals surface area contributed by atoms with Gasteiger partial charge in [0.05, 0.1) is 41.6 Å². The molecule has 0 saturated carbocycles. The maximum Gasteiger partial charge on any atom is 0.343 e. The number of carbonyl (C=O) groups excluding carboxylic acids is 2. The van der Waals surface area contributed by atoms with E-state index in [2.05, 4.69) is 15.2 Å². The summed E-state index contributed by atoms with van der Waals surface area (Å²) in [6.45, 7) is 2.10. The standard InChI is InChI=1S/C30H26ClN3O7S/c1-3-40-28-18-20(8-17-27(28)41-30(36)21-9-13-23(39-2)14-10-21)19-32-33-29(35)25-6-4-5-7-26(25)34-42(37,38)24-15-11-22(31)12-16-24/h4-19,34H,3H2,1-2H3,(H,33,35). The lowest BCUT2D eigenvalue weighted by Crippen LogP contribution is -2.21. The third-order valence-electron chi connectivity index (χ3n) is 5.72. The highest BCUT2D eigenvalue weighted by Crippen LogP contribution is 2.29. The van der Waals surface area contributed by atoms with Crippen LogP contribution in [-0.2, 0) is 10.0 Å². The van der Waals surface area contributed by atoms with E-state index < -0.39 is 21.9 Å². The van der Waals surface area contributed by atoms with Crippen LogP contribution in [0.5, 0.6) is 17.2 Å². The molecule has 0 aromatic heterocycles. The minimum absolute atomic E-state index is 0.0108. The van der Waals surface area contributed by atoms with Gasteiger partial charge < -0.3 is 14.2 Å². The monoisotopic (exact) mass is 607 g/mol. The zero-order chi connectivity index (χ0) is 30.1. The maximum absolute atomic E-state index is 12.9. The number of sulfonamides is 1. The molecule has 216 valence electrons. The van der Waals surface area contributed by atoms with Crippen LogP contribution in [0.2, 0.25) is 5.02 Å². The number of ether oxygens (including phenoxy) is 3. The van der Waals surface area contributed by atoms with Crippen LogP contribution in [0.1, 0.15) is 33.2 Å². The first kappa shape index (κ1) is 30.1. The van der Waals surface area contributed by atoms with Crippen LogP contribution >= 0.6 is 11.6 Å². The molecule has 0 spiro atoms. The predicted molar refractivity (Wildman–Crippen MR) is 159 cm³/mol. The Morgan fingerprint density at radius 2 is 1.64 bits per heavy atom. The second-order valence-corrected chi connectivity index (χ2v) is 10.7. The summed E-state index contributed by atoms with van der Waals surface area (Å²) in [6, 6.07) is 23.0. The molecule has 2 N–H and O–H groups in total. The number of hydrazone groups is 1. The van der Waals surface area contributed by atoms with Crippen LogP contribution in [0.25, 0.3) is 0 Å². The van der Waals surface area contributed by atoms with Gasteiger partial charge in [-0.05, 0) is 91.3 Å². The molecule has 0 aliphatic heterocycles. The molecule has 0 atom stereocenters. The summed E-state index contributed by atoms with van der Waals surface area (Å²) in [5, 5.41) is 4.38. The Labute approximate surface area is 247 Å². The smallest absolute Gasteiger partial charge is 0.343 e. The molecule has 4 aromatic rings. The number of benzene rings is 4. The number of hydrogen-bond donors (Lipinski definition) is 2. The van der Waals surface area contributed by atoms with E-state index in [9.17, 15) is 18.0 Å². The van der Waals surface area contributed by atoms with E-state index in [1.54, 1.807) is 61.5 Å². The minimum Gasteiger partial charge on any atom is -0.497 e. The topological polar surface area (TPSA) is 132 Å². The average molecular weight is 608 g/mol. The molecule has 0 aliphatic rings. The zero-order valence-electron chi connectivity index (χ0n) is 22.5. The van der Waals surface area contributed by atoms with E-state index in [4.69, 9.17) is 25.8 Å². The largest absolute Gasteiger partial charge is 0.497 e. The second kappa shape index (κ2) is 13.7. The lowest BCUT2D eigenvalue weighted by molar-refractivity contribution is 0.0728. The number of anilines is 1. The van der Waals surface area contributed by atoms with Gasteiger partial charge in [-0.2, -0.15) is 5.10 Å². The van der Waals surface area contributed by atoms with Gasteiger partial charge in [0, 0.05) is 5.02 Å².